The number of ether oxygens (including phenoxy) is 1. The number of allylic oxidation sites excluding steroid dienone is 1. The Kier molecular flexibility index (Phi) is 6.70. The maximum absolute atomic E-state index is 11.3. The SMILES string of the molecule is COC(=O)C(C)C(C)/C=C/C(NC(C)=O)C(=O)O. The van der Waals surface area contributed by atoms with Crippen molar-refractivity contribution in [2.24, 2.45) is 11.8 Å². The predicted octanol–water partition coefficient (Wildman–Crippen LogP) is 0.577. The molecule has 6 heteroatoms. The van der Waals surface area contributed by atoms with Crippen LogP contribution >= 0.6 is 0 Å². The molecule has 2 N–H and O–H groups in total. The lowest BCUT2D eigenvalue weighted by molar-refractivity contribution is -0.145. The largest absolute Gasteiger partial charge is 0.479 e. The molecule has 0 aliphatic carbocycles. The number of amides is 1. The molecule has 6 nitrogen and oxygen atoms in total. The van der Waals surface area contributed by atoms with Gasteiger partial charge in [-0.2, -0.15) is 0 Å². The van der Waals surface area contributed by atoms with Crippen molar-refractivity contribution in [1.82, 2.24) is 5.32 Å². The Labute approximate surface area is 106 Å². The minimum Gasteiger partial charge on any atom is -0.479 e. The molecule has 0 aromatic carbocycles. The average molecular weight is 257 g/mol. The number of methoxy groups -OCH3 is 1. The summed E-state index contributed by atoms with van der Waals surface area (Å²) in [5.74, 6) is -2.51. The maximum Gasteiger partial charge on any atom is 0.330 e. The standard InChI is InChI=1S/C12H19NO5/c1-7(8(2)12(17)18-4)5-6-10(11(15)16)13-9(3)14/h5-8,10H,1-4H3,(H,13,14)(H,15,16)/b6-5+. The number of carboxylic acid groups (broad SMARTS) is 1. The van der Waals surface area contributed by atoms with E-state index in [1.807, 2.05) is 0 Å². The van der Waals surface area contributed by atoms with Crippen LogP contribution < -0.4 is 5.32 Å². The Morgan fingerprint density at radius 3 is 2.17 bits per heavy atom. The first kappa shape index (κ1) is 16.1. The number of carbonyl (C=O) groups excluding carboxylic acids is 2. The van der Waals surface area contributed by atoms with Gasteiger partial charge in [0.1, 0.15) is 6.04 Å². The lowest BCUT2D eigenvalue weighted by Gasteiger charge is -2.15. The van der Waals surface area contributed by atoms with Crippen LogP contribution in [-0.4, -0.2) is 36.1 Å². The lowest BCUT2D eigenvalue weighted by Crippen LogP contribution is -2.38. The number of carboxylic acids is 1. The van der Waals surface area contributed by atoms with Gasteiger partial charge in [-0.05, 0) is 5.92 Å². The summed E-state index contributed by atoms with van der Waals surface area (Å²) in [5.41, 5.74) is 0. The molecule has 0 bridgehead atoms. The molecule has 3 atom stereocenters. The molecule has 3 unspecified atom stereocenters. The number of esters is 1. The van der Waals surface area contributed by atoms with Gasteiger partial charge in [0, 0.05) is 6.92 Å². The van der Waals surface area contributed by atoms with E-state index < -0.39 is 17.9 Å². The van der Waals surface area contributed by atoms with Gasteiger partial charge in [-0.1, -0.05) is 26.0 Å². The molecule has 1 amide bonds. The smallest absolute Gasteiger partial charge is 0.330 e. The van der Waals surface area contributed by atoms with Crippen LogP contribution in [-0.2, 0) is 19.1 Å². The van der Waals surface area contributed by atoms with Crippen molar-refractivity contribution < 1.29 is 24.2 Å². The second-order valence-corrected chi connectivity index (χ2v) is 4.07. The second-order valence-electron chi connectivity index (χ2n) is 4.07. The minimum absolute atomic E-state index is 0.187. The summed E-state index contributed by atoms with van der Waals surface area (Å²) < 4.78 is 4.59. The Bertz CT molecular complexity index is 350. The molecule has 0 aliphatic heterocycles. The fourth-order valence-corrected chi connectivity index (χ4v) is 1.26. The number of rotatable bonds is 6. The molecule has 0 aromatic heterocycles. The molecule has 0 heterocycles. The highest BCUT2D eigenvalue weighted by Gasteiger charge is 2.20. The van der Waals surface area contributed by atoms with Crippen molar-refractivity contribution in [3.05, 3.63) is 12.2 Å². The first-order valence-corrected chi connectivity index (χ1v) is 5.55. The van der Waals surface area contributed by atoms with Gasteiger partial charge in [-0.15, -0.1) is 0 Å². The van der Waals surface area contributed by atoms with Gasteiger partial charge in [-0.3, -0.25) is 9.59 Å². The van der Waals surface area contributed by atoms with Gasteiger partial charge in [0.25, 0.3) is 0 Å². The third kappa shape index (κ3) is 5.47. The molecule has 0 aliphatic rings. The molecule has 0 radical (unpaired) electrons. The number of carbonyl (C=O) groups is 3. The van der Waals surface area contributed by atoms with Crippen molar-refractivity contribution >= 4 is 17.8 Å². The van der Waals surface area contributed by atoms with Crippen LogP contribution in [0.2, 0.25) is 0 Å². The first-order chi connectivity index (χ1) is 8.29. The second kappa shape index (κ2) is 7.47. The molecule has 0 saturated carbocycles. The highest BCUT2D eigenvalue weighted by atomic mass is 16.5. The molecular formula is C12H19NO5. The Balaban J connectivity index is 4.62. The summed E-state index contributed by atoms with van der Waals surface area (Å²) in [5, 5.41) is 11.1. The Hall–Kier alpha value is -1.85. The van der Waals surface area contributed by atoms with Gasteiger partial charge in [0.2, 0.25) is 5.91 Å². The zero-order valence-corrected chi connectivity index (χ0v) is 11.0. The summed E-state index contributed by atoms with van der Waals surface area (Å²) in [6.45, 7) is 4.70. The maximum atomic E-state index is 11.3. The van der Waals surface area contributed by atoms with Crippen LogP contribution in [0.4, 0.5) is 0 Å². The molecule has 0 spiro atoms. The molecule has 0 saturated heterocycles. The van der Waals surface area contributed by atoms with Crippen LogP contribution in [0.15, 0.2) is 12.2 Å². The zero-order chi connectivity index (χ0) is 14.3. The van der Waals surface area contributed by atoms with Gasteiger partial charge in [0.05, 0.1) is 13.0 Å². The van der Waals surface area contributed by atoms with E-state index in [0.717, 1.165) is 0 Å². The van der Waals surface area contributed by atoms with Crippen molar-refractivity contribution in [3.8, 4) is 0 Å². The normalized spacial score (nSPS) is 15.8. The number of nitrogens with one attached hydrogen (secondary N) is 1. The van der Waals surface area contributed by atoms with Crippen LogP contribution in [0.3, 0.4) is 0 Å². The van der Waals surface area contributed by atoms with Crippen LogP contribution in [0.25, 0.3) is 0 Å². The van der Waals surface area contributed by atoms with E-state index in [0.29, 0.717) is 0 Å². The van der Waals surface area contributed by atoms with Crippen LogP contribution in [0.1, 0.15) is 20.8 Å². The fourth-order valence-electron chi connectivity index (χ4n) is 1.26. The first-order valence-electron chi connectivity index (χ1n) is 5.55. The van der Waals surface area contributed by atoms with E-state index in [4.69, 9.17) is 5.11 Å². The third-order valence-electron chi connectivity index (χ3n) is 2.59. The van der Waals surface area contributed by atoms with Gasteiger partial charge in [0.15, 0.2) is 0 Å². The Morgan fingerprint density at radius 2 is 1.78 bits per heavy atom. The molecule has 0 rings (SSSR count). The molecule has 18 heavy (non-hydrogen) atoms. The monoisotopic (exact) mass is 257 g/mol. The predicted molar refractivity (Wildman–Crippen MR) is 64.7 cm³/mol. The van der Waals surface area contributed by atoms with Gasteiger partial charge >= 0.3 is 11.9 Å². The van der Waals surface area contributed by atoms with Crippen LogP contribution in [0, 0.1) is 11.8 Å². The summed E-state index contributed by atoms with van der Waals surface area (Å²) in [6, 6.07) is -1.09. The number of aliphatic carboxylic acids is 1. The number of hydrogen-bond acceptors (Lipinski definition) is 4. The van der Waals surface area contributed by atoms with Gasteiger partial charge < -0.3 is 15.2 Å². The van der Waals surface area contributed by atoms with E-state index in [1.54, 1.807) is 19.9 Å². The van der Waals surface area contributed by atoms with Crippen molar-refractivity contribution in [1.29, 1.82) is 0 Å². The van der Waals surface area contributed by atoms with E-state index in [2.05, 4.69) is 10.1 Å². The number of hydrogen-bond donors (Lipinski definition) is 2. The summed E-state index contributed by atoms with van der Waals surface area (Å²) >= 11 is 0. The topological polar surface area (TPSA) is 92.7 Å². The minimum atomic E-state index is -1.15. The van der Waals surface area contributed by atoms with E-state index in [-0.39, 0.29) is 17.8 Å². The molecule has 102 valence electrons. The van der Waals surface area contributed by atoms with Crippen LogP contribution in [0.5, 0.6) is 0 Å². The summed E-state index contributed by atoms with van der Waals surface area (Å²) in [4.78, 5) is 32.9. The van der Waals surface area contributed by atoms with Crippen molar-refractivity contribution in [2.75, 3.05) is 7.11 Å². The lowest BCUT2D eigenvalue weighted by atomic mass is 9.95. The molecule has 0 aromatic rings. The zero-order valence-electron chi connectivity index (χ0n) is 11.0. The highest BCUT2D eigenvalue weighted by Crippen LogP contribution is 2.14. The van der Waals surface area contributed by atoms with E-state index >= 15 is 0 Å². The van der Waals surface area contributed by atoms with Crippen molar-refractivity contribution in [3.63, 3.8) is 0 Å². The third-order valence-corrected chi connectivity index (χ3v) is 2.59. The fraction of sp³-hybridized carbons (Fsp3) is 0.583. The van der Waals surface area contributed by atoms with Gasteiger partial charge in [-0.25, -0.2) is 4.79 Å². The van der Waals surface area contributed by atoms with E-state index in [9.17, 15) is 14.4 Å². The molecular weight excluding hydrogens is 238 g/mol. The van der Waals surface area contributed by atoms with Crippen molar-refractivity contribution in [2.45, 2.75) is 26.8 Å². The summed E-state index contributed by atoms with van der Waals surface area (Å²) in [6.07, 6.45) is 2.93. The molecule has 0 fully saturated rings. The van der Waals surface area contributed by atoms with E-state index in [1.165, 1.54) is 20.1 Å². The quantitative estimate of drug-likeness (QED) is 0.536. The average Bonchev–Trinajstić information content (AvgIpc) is 2.31. The Morgan fingerprint density at radius 1 is 1.22 bits per heavy atom. The highest BCUT2D eigenvalue weighted by molar-refractivity contribution is 5.83. The summed E-state index contributed by atoms with van der Waals surface area (Å²) in [7, 11) is 1.30.